The third-order valence-electron chi connectivity index (χ3n) is 6.18. The van der Waals surface area contributed by atoms with E-state index < -0.39 is 22.3 Å². The molecule has 1 unspecified atom stereocenters. The molecule has 0 aliphatic carbocycles. The lowest BCUT2D eigenvalue weighted by Gasteiger charge is -2.32. The number of hydrogen-bond donors (Lipinski definition) is 0. The molecule has 2 aliphatic heterocycles. The van der Waals surface area contributed by atoms with Gasteiger partial charge in [-0.1, -0.05) is 54.1 Å². The largest absolute Gasteiger partial charge is 0.391 e. The monoisotopic (exact) mass is 546 g/mol. The second-order valence-corrected chi connectivity index (χ2v) is 10.8. The molecule has 1 atom stereocenters. The van der Waals surface area contributed by atoms with Crippen LogP contribution in [0, 0.1) is 5.92 Å². The fourth-order valence-electron chi connectivity index (χ4n) is 4.27. The first kappa shape index (κ1) is 25.9. The molecule has 0 N–H and O–H groups in total. The summed E-state index contributed by atoms with van der Waals surface area (Å²) in [5.41, 5.74) is 2.53. The van der Waals surface area contributed by atoms with Crippen LogP contribution in [0.25, 0.3) is 0 Å². The number of hydrazone groups is 1. The molecule has 0 bridgehead atoms. The van der Waals surface area contributed by atoms with E-state index in [1.807, 2.05) is 42.5 Å². The lowest BCUT2D eigenvalue weighted by molar-refractivity contribution is -0.182. The quantitative estimate of drug-likeness (QED) is 0.283. The first-order valence-corrected chi connectivity index (χ1v) is 13.2. The first-order valence-electron chi connectivity index (χ1n) is 11.0. The molecule has 2 aliphatic rings. The van der Waals surface area contributed by atoms with Crippen LogP contribution in [-0.2, 0) is 10.2 Å². The highest BCUT2D eigenvalue weighted by molar-refractivity contribution is 7.88. The number of nitrogens with zero attached hydrogens (tertiary/aromatic N) is 4. The number of alkyl halides is 3. The number of hydrogen-bond acceptors (Lipinski definition) is 3. The minimum Gasteiger partial charge on any atom is -0.237 e. The molecule has 4 rings (SSSR count). The van der Waals surface area contributed by atoms with Gasteiger partial charge in [0, 0.05) is 30.6 Å². The summed E-state index contributed by atoms with van der Waals surface area (Å²) < 4.78 is 68.9. The Kier molecular flexibility index (Phi) is 7.75. The Morgan fingerprint density at radius 2 is 1.60 bits per heavy atom. The van der Waals surface area contributed by atoms with Crippen molar-refractivity contribution in [2.75, 3.05) is 19.6 Å². The molecule has 12 heteroatoms. The van der Waals surface area contributed by atoms with Gasteiger partial charge in [0.2, 0.25) is 5.29 Å². The zero-order valence-electron chi connectivity index (χ0n) is 18.5. The van der Waals surface area contributed by atoms with E-state index in [0.717, 1.165) is 15.4 Å². The fourth-order valence-corrected chi connectivity index (χ4v) is 5.86. The predicted molar refractivity (Wildman–Crippen MR) is 131 cm³/mol. The van der Waals surface area contributed by atoms with Crippen LogP contribution < -0.4 is 0 Å². The van der Waals surface area contributed by atoms with Gasteiger partial charge in [0.25, 0.3) is 0 Å². The zero-order chi connectivity index (χ0) is 25.2. The predicted octanol–water partition coefficient (Wildman–Crippen LogP) is 5.65. The molecule has 6 nitrogen and oxygen atoms in total. The van der Waals surface area contributed by atoms with Crippen LogP contribution in [0.15, 0.2) is 64.1 Å². The Morgan fingerprint density at radius 1 is 0.971 bits per heavy atom. The van der Waals surface area contributed by atoms with Crippen molar-refractivity contribution in [3.05, 3.63) is 70.7 Å². The Balaban J connectivity index is 1.59. The Morgan fingerprint density at radius 3 is 2.20 bits per heavy atom. The van der Waals surface area contributed by atoms with Gasteiger partial charge >= 0.3 is 16.4 Å². The highest BCUT2D eigenvalue weighted by atomic mass is 35.5. The molecular formula is C23H23Cl2F3N4O2S. The molecule has 0 saturated carbocycles. The highest BCUT2D eigenvalue weighted by Crippen LogP contribution is 2.35. The fraction of sp³-hybridized carbons (Fsp3) is 0.391. The molecule has 35 heavy (non-hydrogen) atoms. The molecule has 1 saturated heterocycles. The van der Waals surface area contributed by atoms with Crippen molar-refractivity contribution in [3.8, 4) is 0 Å². The van der Waals surface area contributed by atoms with Gasteiger partial charge in [-0.3, -0.25) is 0 Å². The van der Waals surface area contributed by atoms with Gasteiger partial charge in [0.05, 0.1) is 11.6 Å². The van der Waals surface area contributed by atoms with E-state index in [1.54, 1.807) is 12.1 Å². The van der Waals surface area contributed by atoms with Gasteiger partial charge < -0.3 is 0 Å². The van der Waals surface area contributed by atoms with Crippen LogP contribution in [0.1, 0.15) is 36.3 Å². The summed E-state index contributed by atoms with van der Waals surface area (Å²) in [6.45, 7) is -0.226. The highest BCUT2D eigenvalue weighted by Gasteiger charge is 2.43. The summed E-state index contributed by atoms with van der Waals surface area (Å²) in [5, 5.41) is 6.14. The number of halogens is 5. The standard InChI is InChI=1S/C23H23Cl2F3N4O2S/c24-19-8-6-17(7-9-19)21-20(16-4-2-1-3-5-16)12-15-32(29-21)22(25)30-35(33,34)31-13-10-18(11-14-31)23(26,27)28/h1-9,18,20H,10-15H2. The molecule has 0 amide bonds. The summed E-state index contributed by atoms with van der Waals surface area (Å²) >= 11 is 12.3. The topological polar surface area (TPSA) is 65.3 Å². The minimum atomic E-state index is -4.34. The zero-order valence-corrected chi connectivity index (χ0v) is 20.8. The van der Waals surface area contributed by atoms with Gasteiger partial charge in [-0.2, -0.15) is 31.0 Å². The van der Waals surface area contributed by atoms with E-state index in [2.05, 4.69) is 9.50 Å². The first-order chi connectivity index (χ1) is 16.5. The maximum absolute atomic E-state index is 12.9. The van der Waals surface area contributed by atoms with Crippen molar-refractivity contribution >= 4 is 44.4 Å². The van der Waals surface area contributed by atoms with E-state index in [9.17, 15) is 21.6 Å². The molecule has 0 spiro atoms. The number of piperidine rings is 1. The van der Waals surface area contributed by atoms with Crippen LogP contribution in [-0.4, -0.2) is 54.5 Å². The van der Waals surface area contributed by atoms with Crippen molar-refractivity contribution in [1.82, 2.24) is 9.31 Å². The SMILES string of the molecule is O=S(=O)(N=C(Cl)N1CCC(c2ccccc2)C(c2ccc(Cl)cc2)=N1)N1CCC(C(F)(F)F)CC1. The van der Waals surface area contributed by atoms with Crippen LogP contribution in [0.2, 0.25) is 5.02 Å². The molecule has 1 fully saturated rings. The van der Waals surface area contributed by atoms with Crippen molar-refractivity contribution in [2.24, 2.45) is 15.4 Å². The van der Waals surface area contributed by atoms with Gasteiger partial charge in [-0.25, -0.2) is 5.01 Å². The summed E-state index contributed by atoms with van der Waals surface area (Å²) in [6, 6.07) is 16.9. The molecule has 0 aromatic heterocycles. The van der Waals surface area contributed by atoms with E-state index in [1.165, 1.54) is 5.01 Å². The molecule has 0 radical (unpaired) electrons. The third-order valence-corrected chi connectivity index (χ3v) is 8.23. The lowest BCUT2D eigenvalue weighted by Crippen LogP contribution is -2.42. The second kappa shape index (κ2) is 10.5. The van der Waals surface area contributed by atoms with Crippen molar-refractivity contribution in [2.45, 2.75) is 31.4 Å². The summed E-state index contributed by atoms with van der Waals surface area (Å²) in [5.74, 6) is -1.58. The third kappa shape index (κ3) is 6.17. The van der Waals surface area contributed by atoms with Crippen molar-refractivity contribution < 1.29 is 21.6 Å². The number of benzene rings is 2. The summed E-state index contributed by atoms with van der Waals surface area (Å²) in [6.07, 6.45) is -4.37. The van der Waals surface area contributed by atoms with E-state index >= 15 is 0 Å². The molecule has 2 aromatic carbocycles. The number of rotatable bonds is 4. The Labute approximate surface area is 212 Å². The molecule has 188 valence electrons. The van der Waals surface area contributed by atoms with Crippen LogP contribution in [0.3, 0.4) is 0 Å². The van der Waals surface area contributed by atoms with Crippen molar-refractivity contribution in [1.29, 1.82) is 0 Å². The summed E-state index contributed by atoms with van der Waals surface area (Å²) in [7, 11) is -4.26. The van der Waals surface area contributed by atoms with E-state index in [4.69, 9.17) is 23.2 Å². The van der Waals surface area contributed by atoms with Crippen LogP contribution in [0.4, 0.5) is 13.2 Å². The maximum Gasteiger partial charge on any atom is 0.391 e. The van der Waals surface area contributed by atoms with Gasteiger partial charge in [-0.15, -0.1) is 4.40 Å². The normalized spacial score (nSPS) is 21.2. The molecule has 2 aromatic rings. The van der Waals surface area contributed by atoms with Crippen LogP contribution in [0.5, 0.6) is 0 Å². The number of amidine groups is 1. The minimum absolute atomic E-state index is 0.0592. The second-order valence-electron chi connectivity index (χ2n) is 8.42. The average molecular weight is 547 g/mol. The Hall–Kier alpha value is -2.14. The van der Waals surface area contributed by atoms with Crippen molar-refractivity contribution in [3.63, 3.8) is 0 Å². The van der Waals surface area contributed by atoms with Crippen LogP contribution >= 0.6 is 23.2 Å². The smallest absolute Gasteiger partial charge is 0.237 e. The molecule has 2 heterocycles. The van der Waals surface area contributed by atoms with Gasteiger partial charge in [-0.05, 0) is 54.1 Å². The van der Waals surface area contributed by atoms with Gasteiger partial charge in [0.1, 0.15) is 0 Å². The van der Waals surface area contributed by atoms with E-state index in [0.29, 0.717) is 23.7 Å². The van der Waals surface area contributed by atoms with Gasteiger partial charge in [0.15, 0.2) is 0 Å². The summed E-state index contributed by atoms with van der Waals surface area (Å²) in [4.78, 5) is 0. The van der Waals surface area contributed by atoms with E-state index in [-0.39, 0.29) is 37.1 Å². The maximum atomic E-state index is 12.9. The lowest BCUT2D eigenvalue weighted by atomic mass is 9.86. The average Bonchev–Trinajstić information content (AvgIpc) is 2.84. The Bertz CT molecular complexity index is 1200. The molecular weight excluding hydrogens is 524 g/mol.